The van der Waals surface area contributed by atoms with Gasteiger partial charge in [-0.15, -0.1) is 0 Å². The number of nitrogens with zero attached hydrogens (tertiary/aromatic N) is 1. The lowest BCUT2D eigenvalue weighted by molar-refractivity contribution is 0.471. The number of benzene rings is 1. The van der Waals surface area contributed by atoms with Crippen LogP contribution in [0.4, 0.5) is 0 Å². The molecule has 0 aliphatic heterocycles. The summed E-state index contributed by atoms with van der Waals surface area (Å²) in [6.45, 7) is 4.03. The van der Waals surface area contributed by atoms with Crippen molar-refractivity contribution in [3.63, 3.8) is 0 Å². The first-order valence-corrected chi connectivity index (χ1v) is 8.89. The fourth-order valence-corrected chi connectivity index (χ4v) is 3.04. The van der Waals surface area contributed by atoms with Crippen LogP contribution in [0.25, 0.3) is 0 Å². The van der Waals surface area contributed by atoms with Crippen LogP contribution in [0.2, 0.25) is 0 Å². The summed E-state index contributed by atoms with van der Waals surface area (Å²) in [7, 11) is -3.85. The molecule has 0 N–H and O–H groups in total. The van der Waals surface area contributed by atoms with Crippen molar-refractivity contribution in [2.24, 2.45) is 0 Å². The van der Waals surface area contributed by atoms with E-state index in [4.69, 9.17) is 4.18 Å². The molecule has 0 spiro atoms. The molecular weight excluding hydrogens is 298 g/mol. The summed E-state index contributed by atoms with van der Waals surface area (Å²) in [5.74, 6) is 0.180. The largest absolute Gasteiger partial charge is 0.358 e. The van der Waals surface area contributed by atoms with Crippen molar-refractivity contribution in [3.8, 4) is 5.88 Å². The van der Waals surface area contributed by atoms with Crippen LogP contribution in [0.1, 0.15) is 37.3 Å². The average Bonchev–Trinajstić information content (AvgIpc) is 2.49. The summed E-state index contributed by atoms with van der Waals surface area (Å²) >= 11 is 0. The second-order valence-electron chi connectivity index (χ2n) is 5.28. The monoisotopic (exact) mass is 319 g/mol. The van der Waals surface area contributed by atoms with Gasteiger partial charge in [-0.05, 0) is 38.0 Å². The normalized spacial score (nSPS) is 11.4. The Morgan fingerprint density at radius 1 is 1.09 bits per heavy atom. The third-order valence-corrected chi connectivity index (χ3v) is 4.62. The first-order valence-electron chi connectivity index (χ1n) is 7.48. The molecule has 0 bridgehead atoms. The predicted molar refractivity (Wildman–Crippen MR) is 86.5 cm³/mol. The molecule has 22 heavy (non-hydrogen) atoms. The van der Waals surface area contributed by atoms with Gasteiger partial charge in [-0.3, -0.25) is 0 Å². The average molecular weight is 319 g/mol. The molecule has 1 heterocycles. The zero-order valence-corrected chi connectivity index (χ0v) is 13.8. The highest BCUT2D eigenvalue weighted by Crippen LogP contribution is 2.22. The molecule has 1 aromatic heterocycles. The van der Waals surface area contributed by atoms with Crippen molar-refractivity contribution >= 4 is 10.1 Å². The van der Waals surface area contributed by atoms with Crippen molar-refractivity contribution in [1.29, 1.82) is 0 Å². The van der Waals surface area contributed by atoms with Gasteiger partial charge in [0, 0.05) is 11.8 Å². The topological polar surface area (TPSA) is 56.3 Å². The molecule has 0 aliphatic carbocycles. The molecule has 0 fully saturated rings. The molecule has 0 radical (unpaired) electrons. The third kappa shape index (κ3) is 4.31. The molecule has 0 unspecified atom stereocenters. The molecule has 0 amide bonds. The fourth-order valence-electron chi connectivity index (χ4n) is 2.11. The number of unbranched alkanes of at least 4 members (excludes halogenated alkanes) is 2. The summed E-state index contributed by atoms with van der Waals surface area (Å²) < 4.78 is 29.9. The van der Waals surface area contributed by atoms with Gasteiger partial charge in [0.05, 0.1) is 0 Å². The van der Waals surface area contributed by atoms with E-state index >= 15 is 0 Å². The van der Waals surface area contributed by atoms with Gasteiger partial charge in [0.2, 0.25) is 5.88 Å². The first kappa shape index (κ1) is 16.5. The maximum atomic E-state index is 12.3. The minimum atomic E-state index is -3.85. The van der Waals surface area contributed by atoms with Crippen molar-refractivity contribution in [2.75, 3.05) is 0 Å². The van der Waals surface area contributed by atoms with E-state index in [9.17, 15) is 8.42 Å². The predicted octanol–water partition coefficient (Wildman–Crippen LogP) is 3.89. The maximum Gasteiger partial charge on any atom is 0.340 e. The Labute approximate surface area is 132 Å². The molecule has 0 aliphatic rings. The van der Waals surface area contributed by atoms with Gasteiger partial charge >= 0.3 is 10.1 Å². The van der Waals surface area contributed by atoms with Gasteiger partial charge in [0.15, 0.2) is 0 Å². The molecule has 1 aromatic carbocycles. The van der Waals surface area contributed by atoms with Crippen LogP contribution in [0.3, 0.4) is 0 Å². The molecule has 0 atom stereocenters. The molecular formula is C17H21NO3S. The highest BCUT2D eigenvalue weighted by atomic mass is 32.2. The van der Waals surface area contributed by atoms with Crippen LogP contribution in [0.15, 0.2) is 47.5 Å². The quantitative estimate of drug-likeness (QED) is 0.574. The van der Waals surface area contributed by atoms with Gasteiger partial charge in [0.1, 0.15) is 4.90 Å². The molecule has 118 valence electrons. The summed E-state index contributed by atoms with van der Waals surface area (Å²) in [5, 5.41) is 0. The summed E-state index contributed by atoms with van der Waals surface area (Å²) in [4.78, 5) is 4.23. The van der Waals surface area contributed by atoms with Crippen molar-refractivity contribution in [1.82, 2.24) is 4.98 Å². The number of pyridine rings is 1. The van der Waals surface area contributed by atoms with Gasteiger partial charge in [-0.2, -0.15) is 8.42 Å². The lowest BCUT2D eigenvalue weighted by atomic mass is 10.1. The van der Waals surface area contributed by atoms with Gasteiger partial charge in [-0.1, -0.05) is 43.5 Å². The van der Waals surface area contributed by atoms with Crippen molar-refractivity contribution in [2.45, 2.75) is 44.4 Å². The van der Waals surface area contributed by atoms with Crippen LogP contribution in [0, 0.1) is 6.92 Å². The van der Waals surface area contributed by atoms with E-state index in [1.165, 1.54) is 0 Å². The van der Waals surface area contributed by atoms with Crippen LogP contribution in [-0.4, -0.2) is 13.4 Å². The lowest BCUT2D eigenvalue weighted by Crippen LogP contribution is -2.12. The summed E-state index contributed by atoms with van der Waals surface area (Å²) in [5.41, 5.74) is 1.82. The highest BCUT2D eigenvalue weighted by molar-refractivity contribution is 7.87. The van der Waals surface area contributed by atoms with Gasteiger partial charge in [-0.25, -0.2) is 4.98 Å². The SMILES string of the molecule is CCCCCc1cccnc1OS(=O)(=O)c1ccc(C)cc1. The highest BCUT2D eigenvalue weighted by Gasteiger charge is 2.19. The van der Waals surface area contributed by atoms with Gasteiger partial charge < -0.3 is 4.18 Å². The van der Waals surface area contributed by atoms with E-state index in [0.29, 0.717) is 0 Å². The standard InChI is InChI=1S/C17H21NO3S/c1-3-4-5-7-15-8-6-13-18-17(15)21-22(19,20)16-11-9-14(2)10-12-16/h6,8-13H,3-5,7H2,1-2H3. The van der Waals surface area contributed by atoms with E-state index < -0.39 is 10.1 Å². The number of aromatic nitrogens is 1. The number of hydrogen-bond donors (Lipinski definition) is 0. The van der Waals surface area contributed by atoms with E-state index in [2.05, 4.69) is 11.9 Å². The van der Waals surface area contributed by atoms with E-state index in [0.717, 1.165) is 36.8 Å². The number of rotatable bonds is 7. The Morgan fingerprint density at radius 3 is 2.50 bits per heavy atom. The van der Waals surface area contributed by atoms with Crippen LogP contribution in [-0.2, 0) is 16.5 Å². The second-order valence-corrected chi connectivity index (χ2v) is 6.82. The molecule has 2 rings (SSSR count). The zero-order valence-electron chi connectivity index (χ0n) is 13.0. The minimum Gasteiger partial charge on any atom is -0.358 e. The van der Waals surface area contributed by atoms with E-state index in [1.54, 1.807) is 36.5 Å². The Balaban J connectivity index is 2.20. The Hall–Kier alpha value is -1.88. The molecule has 0 saturated heterocycles. The number of aryl methyl sites for hydroxylation is 2. The third-order valence-electron chi connectivity index (χ3n) is 3.40. The Kier molecular flexibility index (Phi) is 5.55. The molecule has 5 heteroatoms. The van der Waals surface area contributed by atoms with Crippen molar-refractivity contribution < 1.29 is 12.6 Å². The van der Waals surface area contributed by atoms with Crippen LogP contribution >= 0.6 is 0 Å². The zero-order chi connectivity index (χ0) is 16.0. The minimum absolute atomic E-state index is 0.142. The van der Waals surface area contributed by atoms with Crippen LogP contribution < -0.4 is 4.18 Å². The second kappa shape index (κ2) is 7.40. The molecule has 2 aromatic rings. The molecule has 4 nitrogen and oxygen atoms in total. The smallest absolute Gasteiger partial charge is 0.340 e. The Morgan fingerprint density at radius 2 is 1.82 bits per heavy atom. The maximum absolute atomic E-state index is 12.3. The van der Waals surface area contributed by atoms with Crippen molar-refractivity contribution in [3.05, 3.63) is 53.7 Å². The summed E-state index contributed by atoms with van der Waals surface area (Å²) in [6, 6.07) is 10.2. The van der Waals surface area contributed by atoms with E-state index in [-0.39, 0.29) is 10.8 Å². The summed E-state index contributed by atoms with van der Waals surface area (Å²) in [6.07, 6.45) is 5.50. The Bertz CT molecular complexity index is 709. The van der Waals surface area contributed by atoms with E-state index in [1.807, 2.05) is 13.0 Å². The molecule has 0 saturated carbocycles. The lowest BCUT2D eigenvalue weighted by Gasteiger charge is -2.10. The van der Waals surface area contributed by atoms with Crippen LogP contribution in [0.5, 0.6) is 5.88 Å². The first-order chi connectivity index (χ1) is 10.5. The fraction of sp³-hybridized carbons (Fsp3) is 0.353. The number of hydrogen-bond acceptors (Lipinski definition) is 4. The van der Waals surface area contributed by atoms with Gasteiger partial charge in [0.25, 0.3) is 0 Å².